The number of piperidine rings is 1. The molecule has 11 heteroatoms. The normalized spacial score (nSPS) is 19.0. The van der Waals surface area contributed by atoms with E-state index in [0.29, 0.717) is 35.8 Å². The van der Waals surface area contributed by atoms with Gasteiger partial charge in [0.1, 0.15) is 0 Å². The summed E-state index contributed by atoms with van der Waals surface area (Å²) in [6.45, 7) is 6.29. The zero-order valence-corrected chi connectivity index (χ0v) is 23.5. The molecule has 220 valence electrons. The van der Waals surface area contributed by atoms with Crippen molar-refractivity contribution in [3.05, 3.63) is 89.3 Å². The summed E-state index contributed by atoms with van der Waals surface area (Å²) < 4.78 is 45.8. The molecule has 1 aliphatic heterocycles. The average Bonchev–Trinajstić information content (AvgIpc) is 3.43. The number of hydrogen-bond acceptors (Lipinski definition) is 5. The van der Waals surface area contributed by atoms with E-state index < -0.39 is 29.1 Å². The van der Waals surface area contributed by atoms with Crippen molar-refractivity contribution < 1.29 is 27.3 Å². The molecule has 0 saturated carbocycles. The molecule has 0 radical (unpaired) electrons. The van der Waals surface area contributed by atoms with Crippen LogP contribution in [0.25, 0.3) is 17.0 Å². The number of hydrogen-bond donors (Lipinski definition) is 2. The molecule has 2 heterocycles. The second-order valence-electron chi connectivity index (χ2n) is 11.5. The van der Waals surface area contributed by atoms with E-state index in [1.165, 1.54) is 6.07 Å². The van der Waals surface area contributed by atoms with Crippen molar-refractivity contribution in [1.29, 1.82) is 0 Å². The van der Waals surface area contributed by atoms with Gasteiger partial charge in [0.25, 0.3) is 5.89 Å². The Morgan fingerprint density at radius 1 is 1.05 bits per heavy atom. The van der Waals surface area contributed by atoms with Gasteiger partial charge in [-0.1, -0.05) is 53.2 Å². The fraction of sp³-hybridized carbons (Fsp3) is 0.355. The minimum atomic E-state index is -4.48. The Morgan fingerprint density at radius 2 is 1.79 bits per heavy atom. The van der Waals surface area contributed by atoms with Crippen LogP contribution in [0.5, 0.6) is 0 Å². The van der Waals surface area contributed by atoms with Gasteiger partial charge in [-0.3, -0.25) is 4.79 Å². The fourth-order valence-corrected chi connectivity index (χ4v) is 5.29. The van der Waals surface area contributed by atoms with E-state index in [4.69, 9.17) is 4.52 Å². The SMILES string of the molecule is CC(C)(C)NC(=O)N1CCC2=C(c3cccc(C(F)(F)F)c3)C=CC(C(=O)NCc3noc(-c4ccccc4)n3)C2C1. The summed E-state index contributed by atoms with van der Waals surface area (Å²) in [5.41, 5.74) is 1.48. The highest BCUT2D eigenvalue weighted by atomic mass is 19.4. The Kier molecular flexibility index (Phi) is 7.94. The molecule has 1 aliphatic carbocycles. The molecule has 0 spiro atoms. The molecule has 5 rings (SSSR count). The lowest BCUT2D eigenvalue weighted by molar-refractivity contribution is -0.137. The predicted molar refractivity (Wildman–Crippen MR) is 151 cm³/mol. The van der Waals surface area contributed by atoms with Crippen molar-refractivity contribution in [2.45, 2.75) is 45.5 Å². The molecule has 1 saturated heterocycles. The molecule has 8 nitrogen and oxygen atoms in total. The number of benzene rings is 2. The number of nitrogens with one attached hydrogen (secondary N) is 2. The van der Waals surface area contributed by atoms with Crippen LogP contribution in [0, 0.1) is 11.8 Å². The number of amides is 3. The van der Waals surface area contributed by atoms with E-state index >= 15 is 0 Å². The van der Waals surface area contributed by atoms with Crippen LogP contribution in [-0.4, -0.2) is 45.6 Å². The monoisotopic (exact) mass is 579 g/mol. The smallest absolute Gasteiger partial charge is 0.348 e. The second kappa shape index (κ2) is 11.5. The number of alkyl halides is 3. The molecule has 2 unspecified atom stereocenters. The summed E-state index contributed by atoms with van der Waals surface area (Å²) in [6.07, 6.45) is -0.632. The Hall–Kier alpha value is -4.41. The molecule has 3 amide bonds. The van der Waals surface area contributed by atoms with E-state index in [-0.39, 0.29) is 25.0 Å². The zero-order chi connectivity index (χ0) is 30.1. The van der Waals surface area contributed by atoms with Gasteiger partial charge >= 0.3 is 12.2 Å². The van der Waals surface area contributed by atoms with Crippen LogP contribution in [0.3, 0.4) is 0 Å². The number of aromatic nitrogens is 2. The number of likely N-dealkylation sites (tertiary alicyclic amines) is 1. The quantitative estimate of drug-likeness (QED) is 0.396. The summed E-state index contributed by atoms with van der Waals surface area (Å²) in [5.74, 6) is -0.746. The number of fused-ring (bicyclic) bond motifs is 1. The van der Waals surface area contributed by atoms with Crippen LogP contribution in [0.2, 0.25) is 0 Å². The first-order valence-electron chi connectivity index (χ1n) is 13.7. The first-order valence-corrected chi connectivity index (χ1v) is 13.7. The topological polar surface area (TPSA) is 100 Å². The van der Waals surface area contributed by atoms with E-state index in [2.05, 4.69) is 20.8 Å². The van der Waals surface area contributed by atoms with Gasteiger partial charge in [-0.15, -0.1) is 0 Å². The van der Waals surface area contributed by atoms with Gasteiger partial charge in [0.15, 0.2) is 5.82 Å². The van der Waals surface area contributed by atoms with E-state index in [0.717, 1.165) is 23.3 Å². The Morgan fingerprint density at radius 3 is 2.50 bits per heavy atom. The second-order valence-corrected chi connectivity index (χ2v) is 11.5. The van der Waals surface area contributed by atoms with Crippen LogP contribution in [0.1, 0.15) is 44.1 Å². The maximum absolute atomic E-state index is 13.5. The third kappa shape index (κ3) is 6.56. The Bertz CT molecular complexity index is 1520. The largest absolute Gasteiger partial charge is 0.416 e. The van der Waals surface area contributed by atoms with Crippen LogP contribution in [0.4, 0.5) is 18.0 Å². The third-order valence-electron chi connectivity index (χ3n) is 7.25. The summed E-state index contributed by atoms with van der Waals surface area (Å²) in [5, 5.41) is 9.78. The van der Waals surface area contributed by atoms with Crippen molar-refractivity contribution in [3.8, 4) is 11.5 Å². The molecule has 2 aliphatic rings. The van der Waals surface area contributed by atoms with Crippen LogP contribution >= 0.6 is 0 Å². The highest BCUT2D eigenvalue weighted by Gasteiger charge is 2.39. The lowest BCUT2D eigenvalue weighted by Crippen LogP contribution is -2.53. The van der Waals surface area contributed by atoms with Crippen LogP contribution in [-0.2, 0) is 17.5 Å². The number of carbonyl (C=O) groups is 2. The van der Waals surface area contributed by atoms with Crippen molar-refractivity contribution in [1.82, 2.24) is 25.7 Å². The first-order chi connectivity index (χ1) is 19.9. The van der Waals surface area contributed by atoms with E-state index in [1.807, 2.05) is 51.1 Å². The first kappa shape index (κ1) is 29.1. The van der Waals surface area contributed by atoms with E-state index in [9.17, 15) is 22.8 Å². The lowest BCUT2D eigenvalue weighted by atomic mass is 9.73. The number of allylic oxidation sites excluding steroid dienone is 2. The standard InChI is InChI=1S/C31H32F3N5O3/c1-30(2,3)37-29(41)39-15-14-23-22(20-10-7-11-21(16-20)31(32,33)34)12-13-24(25(23)18-39)27(40)35-17-26-36-28(42-38-26)19-8-5-4-6-9-19/h4-13,16,24-25H,14-15,17-18H2,1-3H3,(H,35,40)(H,37,41). The number of urea groups is 1. The molecule has 1 fully saturated rings. The van der Waals surface area contributed by atoms with Gasteiger partial charge in [-0.05, 0) is 62.6 Å². The number of rotatable bonds is 5. The molecule has 2 aromatic carbocycles. The molecule has 0 bridgehead atoms. The maximum Gasteiger partial charge on any atom is 0.416 e. The molecule has 42 heavy (non-hydrogen) atoms. The maximum atomic E-state index is 13.5. The van der Waals surface area contributed by atoms with Gasteiger partial charge in [0.05, 0.1) is 18.0 Å². The molecular weight excluding hydrogens is 547 g/mol. The summed E-state index contributed by atoms with van der Waals surface area (Å²) in [7, 11) is 0. The zero-order valence-electron chi connectivity index (χ0n) is 23.5. The molecule has 2 N–H and O–H groups in total. The van der Waals surface area contributed by atoms with Crippen LogP contribution < -0.4 is 10.6 Å². The lowest BCUT2D eigenvalue weighted by Gasteiger charge is -2.41. The van der Waals surface area contributed by atoms with Gasteiger partial charge in [0, 0.05) is 30.1 Å². The van der Waals surface area contributed by atoms with Gasteiger partial charge in [0.2, 0.25) is 5.91 Å². The molecule has 2 atom stereocenters. The number of nitrogens with zero attached hydrogens (tertiary/aromatic N) is 3. The molecule has 1 aromatic heterocycles. The Balaban J connectivity index is 1.38. The average molecular weight is 580 g/mol. The molecule has 3 aromatic rings. The van der Waals surface area contributed by atoms with Gasteiger partial charge in [-0.25, -0.2) is 4.79 Å². The minimum Gasteiger partial charge on any atom is -0.348 e. The summed E-state index contributed by atoms with van der Waals surface area (Å²) in [6, 6.07) is 14.2. The van der Waals surface area contributed by atoms with Gasteiger partial charge in [-0.2, -0.15) is 18.2 Å². The highest BCUT2D eigenvalue weighted by Crippen LogP contribution is 2.41. The van der Waals surface area contributed by atoms with Crippen molar-refractivity contribution in [3.63, 3.8) is 0 Å². The summed E-state index contributed by atoms with van der Waals surface area (Å²) in [4.78, 5) is 32.5. The minimum absolute atomic E-state index is 0.0278. The summed E-state index contributed by atoms with van der Waals surface area (Å²) >= 11 is 0. The van der Waals surface area contributed by atoms with Crippen molar-refractivity contribution in [2.75, 3.05) is 13.1 Å². The third-order valence-corrected chi connectivity index (χ3v) is 7.25. The van der Waals surface area contributed by atoms with Crippen molar-refractivity contribution in [2.24, 2.45) is 11.8 Å². The van der Waals surface area contributed by atoms with Crippen molar-refractivity contribution >= 4 is 17.5 Å². The fourth-order valence-electron chi connectivity index (χ4n) is 5.29. The number of carbonyl (C=O) groups excluding carboxylic acids is 2. The Labute approximate surface area is 241 Å². The van der Waals surface area contributed by atoms with E-state index in [1.54, 1.807) is 23.1 Å². The number of halogens is 3. The predicted octanol–water partition coefficient (Wildman–Crippen LogP) is 5.84. The van der Waals surface area contributed by atoms with Gasteiger partial charge < -0.3 is 20.1 Å². The highest BCUT2D eigenvalue weighted by molar-refractivity contribution is 5.87. The van der Waals surface area contributed by atoms with Crippen LogP contribution in [0.15, 0.2) is 76.8 Å². The molecular formula is C31H32F3N5O3.